The summed E-state index contributed by atoms with van der Waals surface area (Å²) in [5.74, 6) is 0. The van der Waals surface area contributed by atoms with Crippen LogP contribution in [0.25, 0.3) is 6.08 Å². The Morgan fingerprint density at radius 2 is 1.81 bits per heavy atom. The molecule has 16 heavy (non-hydrogen) atoms. The summed E-state index contributed by atoms with van der Waals surface area (Å²) in [6, 6.07) is 7.86. The molecule has 0 bridgehead atoms. The van der Waals surface area contributed by atoms with E-state index in [1.165, 1.54) is 5.57 Å². The van der Waals surface area contributed by atoms with Gasteiger partial charge in [0.15, 0.2) is 0 Å². The minimum atomic E-state index is 0.800. The van der Waals surface area contributed by atoms with E-state index in [9.17, 15) is 0 Å². The number of allylic oxidation sites excluding steroid dienone is 7. The Kier molecular flexibility index (Phi) is 3.39. The number of nitrogens with two attached hydrogens (primary N) is 1. The molecule has 0 saturated carbocycles. The SMILES string of the molecule is Nc1ccc(/C=C/C2=CC=CCC=C2)cc1. The van der Waals surface area contributed by atoms with E-state index in [2.05, 4.69) is 42.5 Å². The van der Waals surface area contributed by atoms with Gasteiger partial charge in [-0.1, -0.05) is 54.7 Å². The Morgan fingerprint density at radius 3 is 2.62 bits per heavy atom. The van der Waals surface area contributed by atoms with Crippen molar-refractivity contribution in [2.24, 2.45) is 0 Å². The van der Waals surface area contributed by atoms with E-state index in [4.69, 9.17) is 5.73 Å². The van der Waals surface area contributed by atoms with E-state index in [-0.39, 0.29) is 0 Å². The zero-order valence-corrected chi connectivity index (χ0v) is 9.14. The van der Waals surface area contributed by atoms with Crippen LogP contribution >= 0.6 is 0 Å². The highest BCUT2D eigenvalue weighted by molar-refractivity contribution is 5.57. The van der Waals surface area contributed by atoms with Crippen molar-refractivity contribution in [3.8, 4) is 0 Å². The first-order chi connectivity index (χ1) is 7.84. The standard InChI is InChI=1S/C15H15N/c16-15-11-9-14(10-12-15)8-7-13-5-3-1-2-4-6-13/h1,3-12H,2,16H2/b8-7+. The average Bonchev–Trinajstić information content (AvgIpc) is 2.57. The van der Waals surface area contributed by atoms with E-state index in [0.717, 1.165) is 17.7 Å². The maximum Gasteiger partial charge on any atom is 0.0314 e. The van der Waals surface area contributed by atoms with Gasteiger partial charge in [-0.25, -0.2) is 0 Å². The van der Waals surface area contributed by atoms with Gasteiger partial charge in [0.25, 0.3) is 0 Å². The zero-order chi connectivity index (χ0) is 11.2. The summed E-state index contributed by atoms with van der Waals surface area (Å²) in [7, 11) is 0. The van der Waals surface area contributed by atoms with E-state index >= 15 is 0 Å². The summed E-state index contributed by atoms with van der Waals surface area (Å²) >= 11 is 0. The molecule has 0 amide bonds. The summed E-state index contributed by atoms with van der Waals surface area (Å²) in [5, 5.41) is 0. The van der Waals surface area contributed by atoms with Crippen molar-refractivity contribution < 1.29 is 0 Å². The lowest BCUT2D eigenvalue weighted by Crippen LogP contribution is -1.82. The van der Waals surface area contributed by atoms with Gasteiger partial charge in [0.05, 0.1) is 0 Å². The molecule has 0 radical (unpaired) electrons. The molecule has 2 N–H and O–H groups in total. The normalized spacial score (nSPS) is 15.1. The summed E-state index contributed by atoms with van der Waals surface area (Å²) in [4.78, 5) is 0. The van der Waals surface area contributed by atoms with E-state index in [1.54, 1.807) is 0 Å². The van der Waals surface area contributed by atoms with Crippen LogP contribution in [0.3, 0.4) is 0 Å². The molecule has 1 aromatic rings. The molecule has 0 aliphatic heterocycles. The van der Waals surface area contributed by atoms with Crippen molar-refractivity contribution in [2.45, 2.75) is 6.42 Å². The highest BCUT2D eigenvalue weighted by Crippen LogP contribution is 2.11. The van der Waals surface area contributed by atoms with Gasteiger partial charge < -0.3 is 5.73 Å². The number of benzene rings is 1. The fourth-order valence-corrected chi connectivity index (χ4v) is 1.51. The molecule has 1 aliphatic carbocycles. The van der Waals surface area contributed by atoms with Crippen LogP contribution in [0.5, 0.6) is 0 Å². The van der Waals surface area contributed by atoms with Crippen molar-refractivity contribution in [1.29, 1.82) is 0 Å². The van der Waals surface area contributed by atoms with Gasteiger partial charge in [-0.3, -0.25) is 0 Å². The third-order valence-corrected chi connectivity index (χ3v) is 2.41. The Hall–Kier alpha value is -2.02. The number of hydrogen-bond acceptors (Lipinski definition) is 1. The molecular weight excluding hydrogens is 194 g/mol. The molecule has 80 valence electrons. The van der Waals surface area contributed by atoms with Crippen LogP contribution in [-0.4, -0.2) is 0 Å². The molecule has 2 rings (SSSR count). The van der Waals surface area contributed by atoms with Gasteiger partial charge in [0.1, 0.15) is 0 Å². The van der Waals surface area contributed by atoms with Crippen molar-refractivity contribution in [1.82, 2.24) is 0 Å². The van der Waals surface area contributed by atoms with Gasteiger partial charge >= 0.3 is 0 Å². The second kappa shape index (κ2) is 5.17. The molecule has 1 heteroatoms. The molecule has 1 aromatic carbocycles. The Bertz CT molecular complexity index is 459. The van der Waals surface area contributed by atoms with Crippen LogP contribution in [0.2, 0.25) is 0 Å². The monoisotopic (exact) mass is 209 g/mol. The molecule has 0 fully saturated rings. The second-order valence-electron chi connectivity index (χ2n) is 3.73. The maximum atomic E-state index is 5.63. The number of nitrogen functional groups attached to an aromatic ring is 1. The number of rotatable bonds is 2. The quantitative estimate of drug-likeness (QED) is 0.738. The van der Waals surface area contributed by atoms with Crippen molar-refractivity contribution >= 4 is 11.8 Å². The molecular formula is C15H15N. The van der Waals surface area contributed by atoms with Crippen molar-refractivity contribution in [3.05, 3.63) is 71.9 Å². The molecule has 0 spiro atoms. The number of hydrogen-bond donors (Lipinski definition) is 1. The summed E-state index contributed by atoms with van der Waals surface area (Å²) < 4.78 is 0. The minimum Gasteiger partial charge on any atom is -0.399 e. The zero-order valence-electron chi connectivity index (χ0n) is 9.14. The molecule has 1 aliphatic rings. The van der Waals surface area contributed by atoms with Crippen LogP contribution in [0, 0.1) is 0 Å². The Morgan fingerprint density at radius 1 is 1.00 bits per heavy atom. The molecule has 0 saturated heterocycles. The van der Waals surface area contributed by atoms with Gasteiger partial charge in [0.2, 0.25) is 0 Å². The molecule has 0 unspecified atom stereocenters. The molecule has 0 atom stereocenters. The lowest BCUT2D eigenvalue weighted by atomic mass is 10.1. The topological polar surface area (TPSA) is 26.0 Å². The van der Waals surface area contributed by atoms with Gasteiger partial charge in [-0.15, -0.1) is 0 Å². The maximum absolute atomic E-state index is 5.63. The van der Waals surface area contributed by atoms with Crippen LogP contribution < -0.4 is 5.73 Å². The second-order valence-corrected chi connectivity index (χ2v) is 3.73. The highest BCUT2D eigenvalue weighted by atomic mass is 14.5. The minimum absolute atomic E-state index is 0.800. The van der Waals surface area contributed by atoms with Crippen molar-refractivity contribution in [2.75, 3.05) is 5.73 Å². The third kappa shape index (κ3) is 2.99. The van der Waals surface area contributed by atoms with Gasteiger partial charge in [-0.2, -0.15) is 0 Å². The molecule has 0 aromatic heterocycles. The smallest absolute Gasteiger partial charge is 0.0314 e. The van der Waals surface area contributed by atoms with E-state index < -0.39 is 0 Å². The average molecular weight is 209 g/mol. The Balaban J connectivity index is 2.11. The summed E-state index contributed by atoms with van der Waals surface area (Å²) in [6.07, 6.45) is 15.8. The van der Waals surface area contributed by atoms with Crippen LogP contribution in [0.15, 0.2) is 66.3 Å². The fourth-order valence-electron chi connectivity index (χ4n) is 1.51. The predicted octanol–water partition coefficient (Wildman–Crippen LogP) is 3.72. The lowest BCUT2D eigenvalue weighted by molar-refractivity contribution is 1.40. The molecule has 0 heterocycles. The highest BCUT2D eigenvalue weighted by Gasteiger charge is 1.89. The Labute approximate surface area is 96.3 Å². The van der Waals surface area contributed by atoms with Crippen LogP contribution in [-0.2, 0) is 0 Å². The van der Waals surface area contributed by atoms with E-state index in [0.29, 0.717) is 0 Å². The fraction of sp³-hybridized carbons (Fsp3) is 0.0667. The van der Waals surface area contributed by atoms with Crippen LogP contribution in [0.4, 0.5) is 5.69 Å². The largest absolute Gasteiger partial charge is 0.399 e. The first-order valence-electron chi connectivity index (χ1n) is 5.41. The van der Waals surface area contributed by atoms with Gasteiger partial charge in [0, 0.05) is 5.69 Å². The van der Waals surface area contributed by atoms with Crippen LogP contribution in [0.1, 0.15) is 12.0 Å². The van der Waals surface area contributed by atoms with Crippen molar-refractivity contribution in [3.63, 3.8) is 0 Å². The predicted molar refractivity (Wildman–Crippen MR) is 70.9 cm³/mol. The summed E-state index contributed by atoms with van der Waals surface area (Å²) in [5.41, 5.74) is 8.81. The molecule has 1 nitrogen and oxygen atoms in total. The first kappa shape index (κ1) is 10.5. The number of anilines is 1. The van der Waals surface area contributed by atoms with Gasteiger partial charge in [-0.05, 0) is 29.7 Å². The van der Waals surface area contributed by atoms with E-state index in [1.807, 2.05) is 24.3 Å². The third-order valence-electron chi connectivity index (χ3n) is 2.41. The first-order valence-corrected chi connectivity index (χ1v) is 5.41. The summed E-state index contributed by atoms with van der Waals surface area (Å²) in [6.45, 7) is 0. The lowest BCUT2D eigenvalue weighted by Gasteiger charge is -1.95.